The predicted molar refractivity (Wildman–Crippen MR) is 109 cm³/mol. The van der Waals surface area contributed by atoms with Gasteiger partial charge in [0.1, 0.15) is 24.7 Å². The van der Waals surface area contributed by atoms with Crippen molar-refractivity contribution < 1.29 is 68.0 Å². The van der Waals surface area contributed by atoms with Gasteiger partial charge in [-0.1, -0.05) is 5.16 Å². The van der Waals surface area contributed by atoms with Crippen LogP contribution in [0.3, 0.4) is 0 Å². The van der Waals surface area contributed by atoms with E-state index in [4.69, 9.17) is 11.6 Å². The normalized spacial score (nSPS) is 18.2. The fourth-order valence-electron chi connectivity index (χ4n) is 2.51. The van der Waals surface area contributed by atoms with Crippen LogP contribution in [0.25, 0.3) is 0 Å². The Hall–Kier alpha value is -1.82. The van der Waals surface area contributed by atoms with Crippen LogP contribution < -0.4 is 45.5 Å². The topological polar surface area (TPSA) is 196 Å². The third-order valence-corrected chi connectivity index (χ3v) is 5.73. The third-order valence-electron chi connectivity index (χ3n) is 3.78. The summed E-state index contributed by atoms with van der Waals surface area (Å²) < 4.78 is 32.2. The van der Waals surface area contributed by atoms with Crippen molar-refractivity contribution in [1.82, 2.24) is 19.9 Å². The van der Waals surface area contributed by atoms with E-state index < -0.39 is 46.0 Å². The van der Waals surface area contributed by atoms with Crippen LogP contribution in [0.5, 0.6) is 0 Å². The van der Waals surface area contributed by atoms with Crippen molar-refractivity contribution in [3.63, 3.8) is 0 Å². The molecule has 0 spiro atoms. The van der Waals surface area contributed by atoms with Gasteiger partial charge in [0.05, 0.1) is 6.04 Å². The fraction of sp³-hybridized carbons (Fsp3) is 0.429. The number of oxime groups is 1. The van der Waals surface area contributed by atoms with Crippen molar-refractivity contribution in [2.45, 2.75) is 19.0 Å². The van der Waals surface area contributed by atoms with Gasteiger partial charge >= 0.3 is 39.9 Å². The maximum absolute atomic E-state index is 12.7. The first-order valence-corrected chi connectivity index (χ1v) is 11.1. The molecule has 1 aliphatic heterocycles. The molecule has 0 saturated carbocycles. The maximum atomic E-state index is 12.7. The second kappa shape index (κ2) is 11.9. The summed E-state index contributed by atoms with van der Waals surface area (Å²) in [5, 5.41) is 12.0. The van der Waals surface area contributed by atoms with Crippen LogP contribution in [0.2, 0.25) is 0 Å². The van der Waals surface area contributed by atoms with Gasteiger partial charge in [-0.25, -0.2) is 9.29 Å². The molecule has 2 atom stereocenters. The zero-order valence-electron chi connectivity index (χ0n) is 18.0. The molecule has 4 N–H and O–H groups in total. The van der Waals surface area contributed by atoms with Crippen molar-refractivity contribution in [2.75, 3.05) is 24.9 Å². The molecule has 14 nitrogen and oxygen atoms in total. The molecule has 1 aliphatic rings. The molecule has 32 heavy (non-hydrogen) atoms. The first-order valence-electron chi connectivity index (χ1n) is 8.28. The summed E-state index contributed by atoms with van der Waals surface area (Å²) in [5.41, 5.74) is -0.382. The van der Waals surface area contributed by atoms with E-state index in [1.54, 1.807) is 0 Å². The summed E-state index contributed by atoms with van der Waals surface area (Å²) in [4.78, 5) is 56.0. The van der Waals surface area contributed by atoms with Crippen LogP contribution >= 0.6 is 22.9 Å². The average molecular weight is 521 g/mol. The van der Waals surface area contributed by atoms with E-state index in [-0.39, 0.29) is 64.3 Å². The minimum Gasteiger partial charge on any atom is -1.00 e. The Morgan fingerprint density at radius 3 is 2.62 bits per heavy atom. The zero-order chi connectivity index (χ0) is 23.3. The SMILES string of the molecule is CO/N=C(\C(=O)NC1C(=O)N(S(=O)(=O)O)C1CNC(C)=O)c1csc(NC(=O)CCl)n1.[H-].[Na+]. The predicted octanol–water partition coefficient (Wildman–Crippen LogP) is -4.58. The number of amides is 4. The smallest absolute Gasteiger partial charge is 1.00 e. The van der Waals surface area contributed by atoms with Crippen molar-refractivity contribution in [3.8, 4) is 0 Å². The molecule has 0 bridgehead atoms. The van der Waals surface area contributed by atoms with E-state index in [0.717, 1.165) is 25.4 Å². The molecule has 0 aliphatic carbocycles. The number of halogens is 1. The zero-order valence-corrected chi connectivity index (χ0v) is 21.4. The monoisotopic (exact) mass is 520 g/mol. The molecule has 2 heterocycles. The van der Waals surface area contributed by atoms with E-state index in [9.17, 15) is 32.1 Å². The number of thiazole rings is 1. The Labute approximate surface area is 214 Å². The van der Waals surface area contributed by atoms with Crippen LogP contribution in [-0.4, -0.2) is 83.2 Å². The van der Waals surface area contributed by atoms with Crippen LogP contribution in [0.15, 0.2) is 10.5 Å². The van der Waals surface area contributed by atoms with Gasteiger partial charge in [0.25, 0.3) is 11.8 Å². The number of nitrogens with one attached hydrogen (secondary N) is 3. The number of β-lactam (4-membered cyclic amide) rings is 1. The molecule has 1 fully saturated rings. The van der Waals surface area contributed by atoms with Crippen molar-refractivity contribution in [2.24, 2.45) is 5.16 Å². The fourth-order valence-corrected chi connectivity index (χ4v) is 4.17. The Bertz CT molecular complexity index is 1040. The number of carbonyl (C=O) groups is 4. The molecule has 18 heteroatoms. The van der Waals surface area contributed by atoms with Crippen LogP contribution in [-0.2, 0) is 34.3 Å². The summed E-state index contributed by atoms with van der Waals surface area (Å²) in [6.07, 6.45) is 0. The minimum atomic E-state index is -4.91. The van der Waals surface area contributed by atoms with Crippen LogP contribution in [0.4, 0.5) is 5.13 Å². The summed E-state index contributed by atoms with van der Waals surface area (Å²) >= 11 is 6.37. The molecular weight excluding hydrogens is 503 g/mol. The quantitative estimate of drug-likeness (QED) is 0.0618. The number of hydrogen-bond acceptors (Lipinski definition) is 10. The van der Waals surface area contributed by atoms with Crippen molar-refractivity contribution in [3.05, 3.63) is 11.1 Å². The van der Waals surface area contributed by atoms with Gasteiger partial charge in [-0.2, -0.15) is 8.42 Å². The maximum Gasteiger partial charge on any atom is 1.00 e. The molecule has 0 radical (unpaired) electrons. The van der Waals surface area contributed by atoms with E-state index in [2.05, 4.69) is 30.9 Å². The second-order valence-electron chi connectivity index (χ2n) is 5.91. The van der Waals surface area contributed by atoms with Gasteiger partial charge in [-0.15, -0.1) is 22.9 Å². The van der Waals surface area contributed by atoms with Gasteiger partial charge < -0.3 is 22.2 Å². The molecule has 172 valence electrons. The van der Waals surface area contributed by atoms with E-state index in [1.807, 2.05) is 0 Å². The molecule has 1 aromatic rings. The summed E-state index contributed by atoms with van der Waals surface area (Å²) in [6, 6.07) is -2.66. The van der Waals surface area contributed by atoms with Gasteiger partial charge in [0.2, 0.25) is 11.8 Å². The Kier molecular flexibility index (Phi) is 10.5. The Balaban J connectivity index is 0.00000512. The molecule has 1 aromatic heterocycles. The van der Waals surface area contributed by atoms with Crippen LogP contribution in [0, 0.1) is 0 Å². The van der Waals surface area contributed by atoms with E-state index >= 15 is 0 Å². The number of rotatable bonds is 9. The molecule has 4 amide bonds. The first-order chi connectivity index (χ1) is 14.5. The number of nitrogens with zero attached hydrogens (tertiary/aromatic N) is 3. The Morgan fingerprint density at radius 1 is 1.44 bits per heavy atom. The van der Waals surface area contributed by atoms with Gasteiger partial charge in [-0.05, 0) is 0 Å². The van der Waals surface area contributed by atoms with Gasteiger partial charge in [0, 0.05) is 18.8 Å². The molecule has 2 rings (SSSR count). The molecule has 1 saturated heterocycles. The van der Waals surface area contributed by atoms with Crippen molar-refractivity contribution >= 4 is 67.7 Å². The molecule has 2 unspecified atom stereocenters. The second-order valence-corrected chi connectivity index (χ2v) is 8.32. The van der Waals surface area contributed by atoms with Gasteiger partial charge in [-0.3, -0.25) is 23.7 Å². The number of carbonyl (C=O) groups excluding carboxylic acids is 4. The largest absolute Gasteiger partial charge is 1.00 e. The molecular formula is C14H18ClN6NaO8S2. The van der Waals surface area contributed by atoms with E-state index in [0.29, 0.717) is 0 Å². The summed E-state index contributed by atoms with van der Waals surface area (Å²) in [6.45, 7) is 0.811. The number of aromatic nitrogens is 1. The minimum absolute atomic E-state index is 0. The number of anilines is 1. The summed E-state index contributed by atoms with van der Waals surface area (Å²) in [7, 11) is -3.75. The van der Waals surface area contributed by atoms with E-state index in [1.165, 1.54) is 5.38 Å². The Morgan fingerprint density at radius 2 is 2.09 bits per heavy atom. The third kappa shape index (κ3) is 6.84. The van der Waals surface area contributed by atoms with Crippen molar-refractivity contribution in [1.29, 1.82) is 0 Å². The number of hydrogen-bond donors (Lipinski definition) is 4. The summed E-state index contributed by atoms with van der Waals surface area (Å²) in [5.74, 6) is -3.42. The first kappa shape index (κ1) is 28.2. The number of alkyl halides is 1. The van der Waals surface area contributed by atoms with Gasteiger partial charge in [0.15, 0.2) is 10.8 Å². The van der Waals surface area contributed by atoms with Crippen LogP contribution in [0.1, 0.15) is 14.0 Å². The standard InChI is InChI=1S/C14H17ClN6O8S2.Na.H/c1-6(22)16-4-8-11(13(25)21(8)31(26,27)28)19-12(24)10(20-29-2)7-5-30-14(17-7)18-9(23)3-15;;/h5,8,11H,3-4H2,1-2H3,(H,16,22)(H,19,24)(H,17,18,23)(H,26,27,28);;/q;+1;-1/b20-10-;;. The average Bonchev–Trinajstić information content (AvgIpc) is 3.13. The molecule has 0 aromatic carbocycles.